The van der Waals surface area contributed by atoms with E-state index in [2.05, 4.69) is 10.1 Å². The average molecular weight is 207 g/mol. The first-order valence-electron chi connectivity index (χ1n) is 4.28. The Balaban J connectivity index is 2.46. The minimum atomic E-state index is -1.10. The van der Waals surface area contributed by atoms with Crippen LogP contribution < -0.4 is 0 Å². The zero-order chi connectivity index (χ0) is 11.0. The summed E-state index contributed by atoms with van der Waals surface area (Å²) in [5.74, 6) is -0.591. The summed E-state index contributed by atoms with van der Waals surface area (Å²) in [5, 5.41) is 12.8. The molecule has 0 aliphatic heterocycles. The van der Waals surface area contributed by atoms with Gasteiger partial charge >= 0.3 is 5.97 Å². The van der Waals surface area contributed by atoms with Gasteiger partial charge in [0.25, 0.3) is 0 Å². The van der Waals surface area contributed by atoms with Crippen LogP contribution in [-0.4, -0.2) is 25.8 Å². The highest BCUT2D eigenvalue weighted by atomic mass is 16.4. The predicted molar refractivity (Wildman–Crippen MR) is 50.4 cm³/mol. The fourth-order valence-corrected chi connectivity index (χ4v) is 1.23. The van der Waals surface area contributed by atoms with Crippen molar-refractivity contribution in [3.63, 3.8) is 0 Å². The molecule has 0 fully saturated rings. The number of aromatic carboxylic acids is 1. The Morgan fingerprint density at radius 3 is 2.80 bits per heavy atom. The van der Waals surface area contributed by atoms with Gasteiger partial charge in [0.15, 0.2) is 5.69 Å². The van der Waals surface area contributed by atoms with Gasteiger partial charge in [-0.25, -0.2) is 9.78 Å². The Labute approximate surface area is 85.2 Å². The van der Waals surface area contributed by atoms with Crippen molar-refractivity contribution in [2.45, 2.75) is 6.92 Å². The molecule has 0 amide bonds. The molecule has 0 atom stereocenters. The number of carbonyl (C=O) groups is 1. The largest absolute Gasteiger partial charge is 0.476 e. The van der Waals surface area contributed by atoms with E-state index < -0.39 is 5.97 Å². The van der Waals surface area contributed by atoms with E-state index in [0.29, 0.717) is 5.69 Å². The number of hydrogen-bond acceptors (Lipinski definition) is 4. The van der Waals surface area contributed by atoms with Crippen LogP contribution in [0.3, 0.4) is 0 Å². The van der Waals surface area contributed by atoms with Gasteiger partial charge in [-0.15, -0.1) is 0 Å². The van der Waals surface area contributed by atoms with Gasteiger partial charge in [0.05, 0.1) is 0 Å². The molecule has 0 spiro atoms. The third-order valence-corrected chi connectivity index (χ3v) is 1.93. The average Bonchev–Trinajstić information content (AvgIpc) is 2.71. The smallest absolute Gasteiger partial charge is 0.358 e. The monoisotopic (exact) mass is 207 g/mol. The molecule has 2 aromatic rings. The fraction of sp³-hybridized carbons (Fsp3) is 0.222. The standard InChI is InChI=1S/C9H9N3O3/c1-5-7(9(13)14)10-8(15-5)6-3-4-12(2)11-6/h3-4H,1-2H3,(H,13,14). The topological polar surface area (TPSA) is 81.2 Å². The molecule has 78 valence electrons. The van der Waals surface area contributed by atoms with Crippen LogP contribution >= 0.6 is 0 Å². The van der Waals surface area contributed by atoms with Gasteiger partial charge in [0, 0.05) is 13.2 Å². The summed E-state index contributed by atoms with van der Waals surface area (Å²) >= 11 is 0. The lowest BCUT2D eigenvalue weighted by atomic mass is 10.4. The third kappa shape index (κ3) is 1.61. The molecule has 0 aliphatic rings. The van der Waals surface area contributed by atoms with Crippen molar-refractivity contribution in [1.29, 1.82) is 0 Å². The maximum absolute atomic E-state index is 10.7. The van der Waals surface area contributed by atoms with E-state index in [0.717, 1.165) is 0 Å². The minimum absolute atomic E-state index is 0.0735. The van der Waals surface area contributed by atoms with Crippen LogP contribution in [0.2, 0.25) is 0 Å². The van der Waals surface area contributed by atoms with Gasteiger partial charge < -0.3 is 9.52 Å². The predicted octanol–water partition coefficient (Wildman–Crippen LogP) is 1.08. The number of hydrogen-bond donors (Lipinski definition) is 1. The van der Waals surface area contributed by atoms with Gasteiger partial charge in [-0.3, -0.25) is 4.68 Å². The molecule has 0 saturated heterocycles. The number of carboxylic acid groups (broad SMARTS) is 1. The first-order chi connectivity index (χ1) is 7.08. The maximum atomic E-state index is 10.7. The molecule has 2 aromatic heterocycles. The molecule has 0 aliphatic carbocycles. The van der Waals surface area contributed by atoms with Crippen LogP contribution in [0.4, 0.5) is 0 Å². The molecule has 0 radical (unpaired) electrons. The lowest BCUT2D eigenvalue weighted by molar-refractivity contribution is 0.0689. The number of oxazole rings is 1. The molecule has 0 saturated carbocycles. The summed E-state index contributed by atoms with van der Waals surface area (Å²) in [6.07, 6.45) is 1.73. The highest BCUT2D eigenvalue weighted by Gasteiger charge is 2.17. The fourth-order valence-electron chi connectivity index (χ4n) is 1.23. The van der Waals surface area contributed by atoms with Gasteiger partial charge in [-0.1, -0.05) is 0 Å². The van der Waals surface area contributed by atoms with E-state index in [1.807, 2.05) is 0 Å². The minimum Gasteiger partial charge on any atom is -0.476 e. The summed E-state index contributed by atoms with van der Waals surface area (Å²) in [4.78, 5) is 14.6. The van der Waals surface area contributed by atoms with Crippen molar-refractivity contribution in [2.75, 3.05) is 0 Å². The van der Waals surface area contributed by atoms with Crippen LogP contribution in [-0.2, 0) is 7.05 Å². The molecule has 6 heteroatoms. The normalized spacial score (nSPS) is 10.5. The van der Waals surface area contributed by atoms with Crippen LogP contribution in [0.1, 0.15) is 16.2 Å². The Bertz CT molecular complexity index is 512. The van der Waals surface area contributed by atoms with Crippen molar-refractivity contribution in [2.24, 2.45) is 7.05 Å². The molecular formula is C9H9N3O3. The van der Waals surface area contributed by atoms with Crippen LogP contribution in [0.15, 0.2) is 16.7 Å². The second-order valence-corrected chi connectivity index (χ2v) is 3.10. The summed E-state index contributed by atoms with van der Waals surface area (Å²) < 4.78 is 6.80. The van der Waals surface area contributed by atoms with Gasteiger partial charge in [0.1, 0.15) is 11.5 Å². The Morgan fingerprint density at radius 2 is 2.33 bits per heavy atom. The molecule has 0 aromatic carbocycles. The first-order valence-corrected chi connectivity index (χ1v) is 4.28. The zero-order valence-electron chi connectivity index (χ0n) is 8.26. The summed E-state index contributed by atoms with van der Waals surface area (Å²) in [5.41, 5.74) is 0.448. The number of rotatable bonds is 2. The third-order valence-electron chi connectivity index (χ3n) is 1.93. The lowest BCUT2D eigenvalue weighted by Gasteiger charge is -1.86. The molecule has 0 unspecified atom stereocenters. The quantitative estimate of drug-likeness (QED) is 0.796. The highest BCUT2D eigenvalue weighted by molar-refractivity contribution is 5.86. The zero-order valence-corrected chi connectivity index (χ0v) is 8.26. The van der Waals surface area contributed by atoms with Crippen LogP contribution in [0.25, 0.3) is 11.6 Å². The summed E-state index contributed by atoms with van der Waals surface area (Å²) in [6.45, 7) is 1.56. The van der Waals surface area contributed by atoms with Crippen molar-refractivity contribution in [1.82, 2.24) is 14.8 Å². The van der Waals surface area contributed by atoms with Gasteiger partial charge in [-0.05, 0) is 13.0 Å². The molecule has 6 nitrogen and oxygen atoms in total. The lowest BCUT2D eigenvalue weighted by Crippen LogP contribution is -1.98. The van der Waals surface area contributed by atoms with E-state index in [1.165, 1.54) is 0 Å². The van der Waals surface area contributed by atoms with Crippen molar-refractivity contribution >= 4 is 5.97 Å². The molecule has 2 heterocycles. The number of nitrogens with zero attached hydrogens (tertiary/aromatic N) is 3. The van der Waals surface area contributed by atoms with Crippen molar-refractivity contribution in [3.05, 3.63) is 23.7 Å². The second kappa shape index (κ2) is 3.23. The van der Waals surface area contributed by atoms with Crippen LogP contribution in [0, 0.1) is 6.92 Å². The van der Waals surface area contributed by atoms with E-state index in [-0.39, 0.29) is 17.3 Å². The Hall–Kier alpha value is -2.11. The van der Waals surface area contributed by atoms with Crippen molar-refractivity contribution < 1.29 is 14.3 Å². The Kier molecular flexibility index (Phi) is 2.03. The number of aryl methyl sites for hydroxylation is 2. The van der Waals surface area contributed by atoms with E-state index >= 15 is 0 Å². The van der Waals surface area contributed by atoms with Gasteiger partial charge in [0.2, 0.25) is 5.89 Å². The number of carboxylic acids is 1. The first kappa shape index (κ1) is 9.45. The molecule has 1 N–H and O–H groups in total. The van der Waals surface area contributed by atoms with E-state index in [4.69, 9.17) is 9.52 Å². The van der Waals surface area contributed by atoms with Crippen molar-refractivity contribution in [3.8, 4) is 11.6 Å². The SMILES string of the molecule is Cc1oc(-c2ccn(C)n2)nc1C(=O)O. The number of aromatic nitrogens is 3. The molecule has 2 rings (SSSR count). The van der Waals surface area contributed by atoms with E-state index in [1.54, 1.807) is 30.9 Å². The molecule has 0 bridgehead atoms. The van der Waals surface area contributed by atoms with Gasteiger partial charge in [-0.2, -0.15) is 5.10 Å². The summed E-state index contributed by atoms with van der Waals surface area (Å²) in [7, 11) is 1.76. The maximum Gasteiger partial charge on any atom is 0.358 e. The second-order valence-electron chi connectivity index (χ2n) is 3.10. The van der Waals surface area contributed by atoms with E-state index in [9.17, 15) is 4.79 Å². The molecule has 15 heavy (non-hydrogen) atoms. The molecular weight excluding hydrogens is 198 g/mol. The Morgan fingerprint density at radius 1 is 1.60 bits per heavy atom. The highest BCUT2D eigenvalue weighted by Crippen LogP contribution is 2.19. The van der Waals surface area contributed by atoms with Crippen LogP contribution in [0.5, 0.6) is 0 Å². The summed E-state index contributed by atoms with van der Waals surface area (Å²) in [6, 6.07) is 1.71.